The van der Waals surface area contributed by atoms with Crippen molar-refractivity contribution in [3.05, 3.63) is 44.5 Å². The smallest absolute Gasteiger partial charge is 0.285 e. The van der Waals surface area contributed by atoms with Gasteiger partial charge in [0, 0.05) is 12.1 Å². The number of nitrogens with zero attached hydrogens (tertiary/aromatic N) is 3. The second-order valence-corrected chi connectivity index (χ2v) is 5.82. The Kier molecular flexibility index (Phi) is 5.86. The van der Waals surface area contributed by atoms with Gasteiger partial charge < -0.3 is 14.6 Å². The van der Waals surface area contributed by atoms with Crippen molar-refractivity contribution in [2.24, 2.45) is 0 Å². The molecular formula is C15H19N5O4S. The average Bonchev–Trinajstić information content (AvgIpc) is 2.93. The Morgan fingerprint density at radius 3 is 2.84 bits per heavy atom. The van der Waals surface area contributed by atoms with Crippen LogP contribution in [0, 0.1) is 14.9 Å². The zero-order valence-corrected chi connectivity index (χ0v) is 14.9. The highest BCUT2D eigenvalue weighted by molar-refractivity contribution is 7.71. The van der Waals surface area contributed by atoms with Crippen LogP contribution in [0.5, 0.6) is 5.75 Å². The van der Waals surface area contributed by atoms with E-state index < -0.39 is 10.8 Å². The van der Waals surface area contributed by atoms with E-state index in [1.165, 1.54) is 18.2 Å². The van der Waals surface area contributed by atoms with Crippen LogP contribution in [0.15, 0.2) is 18.2 Å². The molecule has 1 heterocycles. The quantitative estimate of drug-likeness (QED) is 0.443. The van der Waals surface area contributed by atoms with E-state index in [1.54, 1.807) is 11.5 Å². The van der Waals surface area contributed by atoms with Crippen molar-refractivity contribution >= 4 is 23.8 Å². The maximum atomic E-state index is 12.6. The van der Waals surface area contributed by atoms with Crippen LogP contribution < -0.4 is 10.1 Å². The fourth-order valence-corrected chi connectivity index (χ4v) is 2.78. The number of nitro benzene ring substituents is 1. The second-order valence-electron chi connectivity index (χ2n) is 5.43. The molecule has 25 heavy (non-hydrogen) atoms. The summed E-state index contributed by atoms with van der Waals surface area (Å²) < 4.78 is 7.56. The third-order valence-electron chi connectivity index (χ3n) is 3.43. The van der Waals surface area contributed by atoms with Crippen molar-refractivity contribution in [3.63, 3.8) is 0 Å². The van der Waals surface area contributed by atoms with Crippen molar-refractivity contribution in [3.8, 4) is 5.75 Å². The summed E-state index contributed by atoms with van der Waals surface area (Å²) in [6.07, 6.45) is 0. The number of amides is 1. The number of rotatable bonds is 7. The molecule has 1 amide bonds. The zero-order valence-electron chi connectivity index (χ0n) is 14.1. The molecule has 2 aromatic rings. The summed E-state index contributed by atoms with van der Waals surface area (Å²) in [6, 6.07) is 4.32. The molecule has 0 spiro atoms. The van der Waals surface area contributed by atoms with Gasteiger partial charge in [0.2, 0.25) is 0 Å². The number of carbonyl (C=O) groups is 1. The van der Waals surface area contributed by atoms with E-state index in [4.69, 9.17) is 17.0 Å². The largest absolute Gasteiger partial charge is 0.493 e. The Balaban J connectivity index is 2.30. The predicted octanol–water partition coefficient (Wildman–Crippen LogP) is 2.76. The third-order valence-corrected chi connectivity index (χ3v) is 3.72. The van der Waals surface area contributed by atoms with E-state index >= 15 is 0 Å². The molecule has 0 bridgehead atoms. The molecule has 9 nitrogen and oxygen atoms in total. The van der Waals surface area contributed by atoms with Gasteiger partial charge in [0.1, 0.15) is 5.75 Å². The molecule has 2 rings (SSSR count). The first kappa shape index (κ1) is 18.6. The maximum Gasteiger partial charge on any atom is 0.285 e. The summed E-state index contributed by atoms with van der Waals surface area (Å²) in [6.45, 7) is 5.97. The predicted molar refractivity (Wildman–Crippen MR) is 93.2 cm³/mol. The van der Waals surface area contributed by atoms with Crippen LogP contribution in [0.2, 0.25) is 0 Å². The van der Waals surface area contributed by atoms with Crippen LogP contribution in [-0.4, -0.2) is 32.2 Å². The molecule has 0 fully saturated rings. The van der Waals surface area contributed by atoms with Gasteiger partial charge in [0.25, 0.3) is 11.6 Å². The Hall–Kier alpha value is -2.75. The van der Waals surface area contributed by atoms with Crippen LogP contribution in [0.25, 0.3) is 0 Å². The Bertz CT molecular complexity index is 843. The lowest BCUT2D eigenvalue weighted by Gasteiger charge is -2.12. The van der Waals surface area contributed by atoms with Gasteiger partial charge in [-0.05, 0) is 39.1 Å². The van der Waals surface area contributed by atoms with Crippen molar-refractivity contribution < 1.29 is 14.5 Å². The van der Waals surface area contributed by atoms with Crippen LogP contribution in [0.3, 0.4) is 0 Å². The fourth-order valence-electron chi connectivity index (χ4n) is 2.42. The van der Waals surface area contributed by atoms with Gasteiger partial charge >= 0.3 is 0 Å². The lowest BCUT2D eigenvalue weighted by molar-refractivity contribution is -0.385. The molecule has 0 radical (unpaired) electrons. The van der Waals surface area contributed by atoms with Gasteiger partial charge in [0.15, 0.2) is 16.2 Å². The van der Waals surface area contributed by atoms with E-state index in [0.29, 0.717) is 10.6 Å². The lowest BCUT2D eigenvalue weighted by atomic mass is 10.1. The van der Waals surface area contributed by atoms with E-state index in [1.807, 2.05) is 13.8 Å². The van der Waals surface area contributed by atoms with Crippen LogP contribution in [0.4, 0.5) is 5.69 Å². The Morgan fingerprint density at radius 2 is 2.24 bits per heavy atom. The van der Waals surface area contributed by atoms with Gasteiger partial charge in [-0.3, -0.25) is 20.0 Å². The van der Waals surface area contributed by atoms with Gasteiger partial charge in [-0.25, -0.2) is 0 Å². The van der Waals surface area contributed by atoms with Gasteiger partial charge in [0.05, 0.1) is 18.1 Å². The summed E-state index contributed by atoms with van der Waals surface area (Å²) in [5.41, 5.74) is -0.425. The number of benzene rings is 1. The molecule has 2 N–H and O–H groups in total. The number of H-pyrrole nitrogens is 1. The van der Waals surface area contributed by atoms with Gasteiger partial charge in [-0.15, -0.1) is 0 Å². The highest BCUT2D eigenvalue weighted by atomic mass is 32.1. The number of aromatic nitrogens is 3. The molecule has 0 saturated carbocycles. The highest BCUT2D eigenvalue weighted by Gasteiger charge is 2.25. The molecule has 134 valence electrons. The molecule has 0 atom stereocenters. The van der Waals surface area contributed by atoms with Gasteiger partial charge in [-0.1, -0.05) is 6.07 Å². The molecule has 1 aromatic heterocycles. The molecular weight excluding hydrogens is 346 g/mol. The summed E-state index contributed by atoms with van der Waals surface area (Å²) in [5, 5.41) is 20.6. The van der Waals surface area contributed by atoms with Gasteiger partial charge in [-0.2, -0.15) is 5.10 Å². The molecule has 0 aliphatic carbocycles. The van der Waals surface area contributed by atoms with E-state index in [9.17, 15) is 14.9 Å². The number of ether oxygens (including phenoxy) is 1. The Labute approximate surface area is 149 Å². The highest BCUT2D eigenvalue weighted by Crippen LogP contribution is 2.28. The molecule has 0 aliphatic rings. The molecule has 0 unspecified atom stereocenters. The van der Waals surface area contributed by atoms with Crippen molar-refractivity contribution in [1.82, 2.24) is 20.1 Å². The van der Waals surface area contributed by atoms with Crippen molar-refractivity contribution in [2.45, 2.75) is 33.4 Å². The number of carbonyl (C=O) groups excluding carboxylic acids is 1. The zero-order chi connectivity index (χ0) is 18.6. The first-order valence-corrected chi connectivity index (χ1v) is 8.11. The van der Waals surface area contributed by atoms with E-state index in [-0.39, 0.29) is 36.2 Å². The summed E-state index contributed by atoms with van der Waals surface area (Å²) >= 11 is 5.16. The van der Waals surface area contributed by atoms with Crippen LogP contribution in [-0.2, 0) is 6.54 Å². The lowest BCUT2D eigenvalue weighted by Crippen LogP contribution is -2.26. The fraction of sp³-hybridized carbons (Fsp3) is 0.400. The number of nitrogens with one attached hydrogen (secondary N) is 2. The first-order chi connectivity index (χ1) is 11.9. The first-order valence-electron chi connectivity index (χ1n) is 7.71. The number of hydrogen-bond donors (Lipinski definition) is 2. The van der Waals surface area contributed by atoms with Crippen LogP contribution in [0.1, 0.15) is 43.0 Å². The number of nitro groups is 1. The molecule has 0 saturated heterocycles. The molecule has 1 aromatic carbocycles. The summed E-state index contributed by atoms with van der Waals surface area (Å²) in [5.74, 6) is 0.0850. The Morgan fingerprint density at radius 1 is 1.52 bits per heavy atom. The number of hydrogen-bond acceptors (Lipinski definition) is 6. The van der Waals surface area contributed by atoms with E-state index in [2.05, 4.69) is 15.5 Å². The maximum absolute atomic E-state index is 12.6. The van der Waals surface area contributed by atoms with E-state index in [0.717, 1.165) is 0 Å². The monoisotopic (exact) mass is 365 g/mol. The second kappa shape index (κ2) is 7.88. The average molecular weight is 365 g/mol. The summed E-state index contributed by atoms with van der Waals surface area (Å²) in [4.78, 5) is 23.2. The minimum absolute atomic E-state index is 0.0585. The molecule has 0 aliphatic heterocycles. The molecule has 10 heteroatoms. The SMILES string of the molecule is CCOc1cccc([N+](=O)[O-])c1C(=O)NCc1n[nH]c(=S)n1C(C)C. The van der Waals surface area contributed by atoms with Crippen molar-refractivity contribution in [1.29, 1.82) is 0 Å². The topological polar surface area (TPSA) is 115 Å². The minimum Gasteiger partial charge on any atom is -0.493 e. The van der Waals surface area contributed by atoms with Crippen molar-refractivity contribution in [2.75, 3.05) is 6.61 Å². The third kappa shape index (κ3) is 4.02. The number of aromatic amines is 1. The standard InChI is InChI=1S/C15H19N5O4S/c1-4-24-11-7-5-6-10(20(22)23)13(11)14(21)16-8-12-17-18-15(25)19(12)9(2)3/h5-7,9H,4,8H2,1-3H3,(H,16,21)(H,18,25). The normalized spacial score (nSPS) is 10.7. The summed E-state index contributed by atoms with van der Waals surface area (Å²) in [7, 11) is 0. The minimum atomic E-state index is -0.611. The van der Waals surface area contributed by atoms with Crippen LogP contribution >= 0.6 is 12.2 Å².